The van der Waals surface area contributed by atoms with Gasteiger partial charge in [-0.05, 0) is 80.4 Å². The molecule has 0 radical (unpaired) electrons. The molecule has 0 unspecified atom stereocenters. The van der Waals surface area contributed by atoms with Gasteiger partial charge in [-0.25, -0.2) is 0 Å². The first-order valence-corrected chi connectivity index (χ1v) is 9.67. The molecule has 4 bridgehead atoms. The number of hydrogen-bond acceptors (Lipinski definition) is 2. The van der Waals surface area contributed by atoms with E-state index in [2.05, 4.69) is 10.6 Å². The smallest absolute Gasteiger partial charge is 0.230 e. The third-order valence-electron chi connectivity index (χ3n) is 6.65. The Morgan fingerprint density at radius 3 is 2.08 bits per heavy atom. The van der Waals surface area contributed by atoms with E-state index in [1.165, 1.54) is 19.3 Å². The molecule has 2 N–H and O–H groups in total. The van der Waals surface area contributed by atoms with E-state index in [4.69, 9.17) is 0 Å². The second-order valence-corrected chi connectivity index (χ2v) is 8.52. The van der Waals surface area contributed by atoms with E-state index in [-0.39, 0.29) is 17.2 Å². The van der Waals surface area contributed by atoms with Gasteiger partial charge in [0.15, 0.2) is 0 Å². The van der Waals surface area contributed by atoms with Crippen molar-refractivity contribution in [3.05, 3.63) is 29.8 Å². The van der Waals surface area contributed by atoms with Gasteiger partial charge in [-0.2, -0.15) is 0 Å². The van der Waals surface area contributed by atoms with E-state index in [1.807, 2.05) is 24.3 Å². The summed E-state index contributed by atoms with van der Waals surface area (Å²) in [6, 6.07) is 7.96. The highest BCUT2D eigenvalue weighted by atomic mass is 16.2. The molecule has 2 amide bonds. The van der Waals surface area contributed by atoms with Crippen LogP contribution in [0, 0.1) is 23.2 Å². The lowest BCUT2D eigenvalue weighted by atomic mass is 9.49. The van der Waals surface area contributed by atoms with Crippen LogP contribution in [0.1, 0.15) is 50.5 Å². The number of benzene rings is 1. The maximum absolute atomic E-state index is 13.0. The average molecular weight is 340 g/mol. The SMILES string of the molecule is CNC(=O)CCc1ccc(NC(=O)C23CC4CC(CC(C4)C2)C3)cc1. The van der Waals surface area contributed by atoms with Crippen LogP contribution in [0.25, 0.3) is 0 Å². The van der Waals surface area contributed by atoms with Crippen molar-refractivity contribution >= 4 is 17.5 Å². The van der Waals surface area contributed by atoms with Gasteiger partial charge in [0, 0.05) is 19.2 Å². The number of carbonyl (C=O) groups excluding carboxylic acids is 2. The molecular weight excluding hydrogens is 312 g/mol. The van der Waals surface area contributed by atoms with Crippen LogP contribution in [0.3, 0.4) is 0 Å². The quantitative estimate of drug-likeness (QED) is 0.861. The average Bonchev–Trinajstić information content (AvgIpc) is 2.59. The van der Waals surface area contributed by atoms with E-state index in [1.54, 1.807) is 7.05 Å². The molecule has 0 atom stereocenters. The zero-order valence-corrected chi connectivity index (χ0v) is 15.0. The molecule has 4 nitrogen and oxygen atoms in total. The molecule has 4 saturated carbocycles. The number of carbonyl (C=O) groups is 2. The summed E-state index contributed by atoms with van der Waals surface area (Å²) in [5.74, 6) is 2.64. The summed E-state index contributed by atoms with van der Waals surface area (Å²) in [5.41, 5.74) is 1.90. The van der Waals surface area contributed by atoms with E-state index >= 15 is 0 Å². The molecule has 1 aromatic rings. The molecule has 134 valence electrons. The Morgan fingerprint density at radius 1 is 1.00 bits per heavy atom. The standard InChI is InChI=1S/C21H28N2O2/c1-22-19(24)7-4-14-2-5-18(6-3-14)23-20(25)21-11-15-8-16(12-21)10-17(9-15)13-21/h2-3,5-6,15-17H,4,7-13H2,1H3,(H,22,24)(H,23,25). The fourth-order valence-electron chi connectivity index (χ4n) is 5.79. The summed E-state index contributed by atoms with van der Waals surface area (Å²) in [6.45, 7) is 0. The van der Waals surface area contributed by atoms with E-state index < -0.39 is 0 Å². The van der Waals surface area contributed by atoms with Crippen LogP contribution >= 0.6 is 0 Å². The van der Waals surface area contributed by atoms with Gasteiger partial charge in [-0.3, -0.25) is 9.59 Å². The lowest BCUT2D eigenvalue weighted by Gasteiger charge is -2.55. The number of aryl methyl sites for hydroxylation is 1. The van der Waals surface area contributed by atoms with Crippen LogP contribution in [0.15, 0.2) is 24.3 Å². The molecular formula is C21H28N2O2. The van der Waals surface area contributed by atoms with Crippen LogP contribution in [0.4, 0.5) is 5.69 Å². The Balaban J connectivity index is 1.39. The van der Waals surface area contributed by atoms with Gasteiger partial charge in [0.1, 0.15) is 0 Å². The first-order chi connectivity index (χ1) is 12.1. The summed E-state index contributed by atoms with van der Waals surface area (Å²) in [7, 11) is 1.66. The van der Waals surface area contributed by atoms with Crippen LogP contribution in [-0.2, 0) is 16.0 Å². The van der Waals surface area contributed by atoms with Gasteiger partial charge in [0.25, 0.3) is 0 Å². The number of nitrogens with one attached hydrogen (secondary N) is 2. The normalized spacial score (nSPS) is 32.4. The zero-order chi connectivity index (χ0) is 17.4. The molecule has 4 fully saturated rings. The van der Waals surface area contributed by atoms with E-state index in [0.29, 0.717) is 6.42 Å². The van der Waals surface area contributed by atoms with Crippen LogP contribution in [0.2, 0.25) is 0 Å². The lowest BCUT2D eigenvalue weighted by Crippen LogP contribution is -2.51. The predicted molar refractivity (Wildman–Crippen MR) is 98.1 cm³/mol. The molecule has 1 aromatic carbocycles. The van der Waals surface area contributed by atoms with Crippen LogP contribution < -0.4 is 10.6 Å². The van der Waals surface area contributed by atoms with Crippen molar-refractivity contribution < 1.29 is 9.59 Å². The van der Waals surface area contributed by atoms with Gasteiger partial charge in [-0.15, -0.1) is 0 Å². The van der Waals surface area contributed by atoms with Crippen LogP contribution in [-0.4, -0.2) is 18.9 Å². The molecule has 0 aromatic heterocycles. The van der Waals surface area contributed by atoms with Crippen molar-refractivity contribution in [2.45, 2.75) is 51.4 Å². The summed E-state index contributed by atoms with van der Waals surface area (Å²) in [4.78, 5) is 24.4. The van der Waals surface area contributed by atoms with Crippen molar-refractivity contribution in [2.24, 2.45) is 23.2 Å². The van der Waals surface area contributed by atoms with E-state index in [0.717, 1.165) is 54.7 Å². The number of anilines is 1. The monoisotopic (exact) mass is 340 g/mol. The molecule has 4 heteroatoms. The summed E-state index contributed by atoms with van der Waals surface area (Å²) >= 11 is 0. The third kappa shape index (κ3) is 3.31. The Kier molecular flexibility index (Phi) is 4.30. The summed E-state index contributed by atoms with van der Waals surface area (Å²) in [5, 5.41) is 5.82. The predicted octanol–water partition coefficient (Wildman–Crippen LogP) is 3.52. The zero-order valence-electron chi connectivity index (χ0n) is 15.0. The van der Waals surface area contributed by atoms with Crippen molar-refractivity contribution in [3.63, 3.8) is 0 Å². The Labute approximate surface area is 149 Å². The van der Waals surface area contributed by atoms with Crippen LogP contribution in [0.5, 0.6) is 0 Å². The van der Waals surface area contributed by atoms with Gasteiger partial charge >= 0.3 is 0 Å². The maximum atomic E-state index is 13.0. The topological polar surface area (TPSA) is 58.2 Å². The van der Waals surface area contributed by atoms with Gasteiger partial charge in [0.05, 0.1) is 5.41 Å². The minimum Gasteiger partial charge on any atom is -0.359 e. The highest BCUT2D eigenvalue weighted by Gasteiger charge is 2.54. The van der Waals surface area contributed by atoms with Gasteiger partial charge in [-0.1, -0.05) is 12.1 Å². The molecule has 5 rings (SSSR count). The Morgan fingerprint density at radius 2 is 1.56 bits per heavy atom. The van der Waals surface area contributed by atoms with Crippen molar-refractivity contribution in [1.82, 2.24) is 5.32 Å². The highest BCUT2D eigenvalue weighted by Crippen LogP contribution is 2.60. The highest BCUT2D eigenvalue weighted by molar-refractivity contribution is 5.95. The number of amides is 2. The first kappa shape index (κ1) is 16.6. The van der Waals surface area contributed by atoms with Crippen molar-refractivity contribution in [1.29, 1.82) is 0 Å². The second-order valence-electron chi connectivity index (χ2n) is 8.52. The minimum atomic E-state index is -0.105. The Bertz CT molecular complexity index is 630. The minimum absolute atomic E-state index is 0.0548. The molecule has 0 spiro atoms. The molecule has 4 aliphatic carbocycles. The van der Waals surface area contributed by atoms with Gasteiger partial charge in [0.2, 0.25) is 11.8 Å². The summed E-state index contributed by atoms with van der Waals surface area (Å²) in [6.07, 6.45) is 8.56. The number of rotatable bonds is 5. The van der Waals surface area contributed by atoms with Crippen molar-refractivity contribution in [3.8, 4) is 0 Å². The van der Waals surface area contributed by atoms with Gasteiger partial charge < -0.3 is 10.6 Å². The van der Waals surface area contributed by atoms with Crippen molar-refractivity contribution in [2.75, 3.05) is 12.4 Å². The summed E-state index contributed by atoms with van der Waals surface area (Å²) < 4.78 is 0. The third-order valence-corrected chi connectivity index (χ3v) is 6.65. The Hall–Kier alpha value is -1.84. The fraction of sp³-hybridized carbons (Fsp3) is 0.619. The molecule has 25 heavy (non-hydrogen) atoms. The molecule has 0 saturated heterocycles. The number of hydrogen-bond donors (Lipinski definition) is 2. The second kappa shape index (κ2) is 6.47. The largest absolute Gasteiger partial charge is 0.359 e. The fourth-order valence-corrected chi connectivity index (χ4v) is 5.79. The molecule has 0 aliphatic heterocycles. The molecule has 4 aliphatic rings. The van der Waals surface area contributed by atoms with E-state index in [9.17, 15) is 9.59 Å². The molecule has 0 heterocycles. The lowest BCUT2D eigenvalue weighted by molar-refractivity contribution is -0.140. The maximum Gasteiger partial charge on any atom is 0.230 e. The first-order valence-electron chi connectivity index (χ1n) is 9.67.